The molecule has 0 aromatic heterocycles. The number of aliphatic imine (C=N–C) groups is 1. The maximum absolute atomic E-state index is 6.04. The fourth-order valence-corrected chi connectivity index (χ4v) is 3.07. The Morgan fingerprint density at radius 2 is 2.00 bits per heavy atom. The highest BCUT2D eigenvalue weighted by molar-refractivity contribution is 5.92. The van der Waals surface area contributed by atoms with E-state index >= 15 is 0 Å². The molecule has 4 nitrogen and oxygen atoms in total. The molecule has 3 rings (SSSR count). The van der Waals surface area contributed by atoms with Gasteiger partial charge in [0.2, 0.25) is 0 Å². The molecule has 1 unspecified atom stereocenters. The van der Waals surface area contributed by atoms with Crippen LogP contribution >= 0.6 is 0 Å². The molecule has 0 bridgehead atoms. The Hall–Kier alpha value is -2.23. The zero-order valence-electron chi connectivity index (χ0n) is 12.5. The van der Waals surface area contributed by atoms with E-state index in [2.05, 4.69) is 41.1 Å². The maximum Gasteiger partial charge on any atom is 0.191 e. The lowest BCUT2D eigenvalue weighted by Crippen LogP contribution is -2.36. The number of nitrogens with two attached hydrogens (primary N) is 1. The van der Waals surface area contributed by atoms with Crippen LogP contribution in [0.4, 0.5) is 0 Å². The first-order chi connectivity index (χ1) is 10.3. The Morgan fingerprint density at radius 1 is 1.24 bits per heavy atom. The van der Waals surface area contributed by atoms with Crippen LogP contribution in [0.3, 0.4) is 0 Å². The smallest absolute Gasteiger partial charge is 0.191 e. The van der Waals surface area contributed by atoms with E-state index in [9.17, 15) is 0 Å². The zero-order valence-corrected chi connectivity index (χ0v) is 12.5. The molecule has 110 valence electrons. The number of ether oxygens (including phenoxy) is 1. The van der Waals surface area contributed by atoms with Gasteiger partial charge < -0.3 is 15.4 Å². The van der Waals surface area contributed by atoms with Crippen molar-refractivity contribution in [1.82, 2.24) is 4.90 Å². The molecule has 0 radical (unpaired) electrons. The summed E-state index contributed by atoms with van der Waals surface area (Å²) in [6.07, 6.45) is 1.06. The summed E-state index contributed by atoms with van der Waals surface area (Å²) in [6, 6.07) is 12.7. The van der Waals surface area contributed by atoms with Crippen LogP contribution in [0.2, 0.25) is 0 Å². The van der Waals surface area contributed by atoms with E-state index in [1.54, 1.807) is 7.11 Å². The topological polar surface area (TPSA) is 50.8 Å². The fourth-order valence-electron chi connectivity index (χ4n) is 3.07. The Bertz CT molecular complexity index is 681. The first kappa shape index (κ1) is 13.7. The normalized spacial score (nSPS) is 18.1. The predicted octanol–water partition coefficient (Wildman–Crippen LogP) is 2.93. The van der Waals surface area contributed by atoms with Gasteiger partial charge in [-0.25, -0.2) is 0 Å². The predicted molar refractivity (Wildman–Crippen MR) is 86.7 cm³/mol. The van der Waals surface area contributed by atoms with Crippen molar-refractivity contribution in [2.75, 3.05) is 20.2 Å². The van der Waals surface area contributed by atoms with Gasteiger partial charge in [-0.1, -0.05) is 37.3 Å². The van der Waals surface area contributed by atoms with E-state index in [4.69, 9.17) is 10.5 Å². The number of guanidine groups is 1. The SMILES string of the molecule is CCCN1C(N)=NCC1c1ccc(OC)c2ccccc12. The molecule has 0 saturated heterocycles. The van der Waals surface area contributed by atoms with Crippen molar-refractivity contribution in [3.8, 4) is 5.75 Å². The number of hydrogen-bond donors (Lipinski definition) is 1. The van der Waals surface area contributed by atoms with E-state index in [1.807, 2.05) is 12.1 Å². The maximum atomic E-state index is 6.04. The molecule has 0 fully saturated rings. The molecule has 2 N–H and O–H groups in total. The van der Waals surface area contributed by atoms with Gasteiger partial charge >= 0.3 is 0 Å². The number of benzene rings is 2. The van der Waals surface area contributed by atoms with Gasteiger partial charge in [-0.15, -0.1) is 0 Å². The van der Waals surface area contributed by atoms with Gasteiger partial charge in [0.15, 0.2) is 5.96 Å². The molecule has 1 heterocycles. The molecule has 1 aliphatic rings. The van der Waals surface area contributed by atoms with E-state index in [0.29, 0.717) is 5.96 Å². The van der Waals surface area contributed by atoms with Crippen molar-refractivity contribution in [3.63, 3.8) is 0 Å². The van der Waals surface area contributed by atoms with Crippen LogP contribution in [0.25, 0.3) is 10.8 Å². The number of fused-ring (bicyclic) bond motifs is 1. The molecule has 21 heavy (non-hydrogen) atoms. The summed E-state index contributed by atoms with van der Waals surface area (Å²) in [5.74, 6) is 1.56. The van der Waals surface area contributed by atoms with E-state index < -0.39 is 0 Å². The summed E-state index contributed by atoms with van der Waals surface area (Å²) in [5, 5.41) is 2.35. The third-order valence-electron chi connectivity index (χ3n) is 4.06. The fraction of sp³-hybridized carbons (Fsp3) is 0.353. The molecule has 0 saturated carbocycles. The van der Waals surface area contributed by atoms with Crippen LogP contribution in [0.15, 0.2) is 41.4 Å². The minimum absolute atomic E-state index is 0.223. The molecule has 0 amide bonds. The summed E-state index contributed by atoms with van der Waals surface area (Å²) >= 11 is 0. The first-order valence-corrected chi connectivity index (χ1v) is 7.38. The third-order valence-corrected chi connectivity index (χ3v) is 4.06. The number of nitrogens with zero attached hydrogens (tertiary/aromatic N) is 2. The average Bonchev–Trinajstić information content (AvgIpc) is 2.88. The van der Waals surface area contributed by atoms with Gasteiger partial charge in [0.05, 0.1) is 19.7 Å². The summed E-state index contributed by atoms with van der Waals surface area (Å²) in [4.78, 5) is 6.64. The Balaban J connectivity index is 2.09. The Labute approximate surface area is 125 Å². The lowest BCUT2D eigenvalue weighted by Gasteiger charge is -2.27. The summed E-state index contributed by atoms with van der Waals surface area (Å²) in [5.41, 5.74) is 7.31. The van der Waals surface area contributed by atoms with Crippen LogP contribution in [0, 0.1) is 0 Å². The second-order valence-electron chi connectivity index (χ2n) is 5.31. The number of methoxy groups -OCH3 is 1. The lowest BCUT2D eigenvalue weighted by molar-refractivity contribution is 0.349. The second-order valence-corrected chi connectivity index (χ2v) is 5.31. The van der Waals surface area contributed by atoms with Crippen molar-refractivity contribution in [2.45, 2.75) is 19.4 Å². The number of rotatable bonds is 4. The van der Waals surface area contributed by atoms with Crippen molar-refractivity contribution in [1.29, 1.82) is 0 Å². The highest BCUT2D eigenvalue weighted by atomic mass is 16.5. The van der Waals surface area contributed by atoms with Crippen LogP contribution in [0.5, 0.6) is 5.75 Å². The molecule has 0 spiro atoms. The Morgan fingerprint density at radius 3 is 2.71 bits per heavy atom. The van der Waals surface area contributed by atoms with E-state index in [0.717, 1.165) is 30.6 Å². The Kier molecular flexibility index (Phi) is 3.69. The highest BCUT2D eigenvalue weighted by Gasteiger charge is 2.28. The van der Waals surface area contributed by atoms with Crippen LogP contribution in [-0.4, -0.2) is 31.1 Å². The van der Waals surface area contributed by atoms with Gasteiger partial charge in [0, 0.05) is 11.9 Å². The van der Waals surface area contributed by atoms with Crippen molar-refractivity contribution in [2.24, 2.45) is 10.7 Å². The molecule has 2 aromatic rings. The minimum Gasteiger partial charge on any atom is -0.496 e. The van der Waals surface area contributed by atoms with Gasteiger partial charge in [0.1, 0.15) is 5.75 Å². The molecule has 1 atom stereocenters. The molecule has 4 heteroatoms. The summed E-state index contributed by atoms with van der Waals surface area (Å²) in [6.45, 7) is 3.82. The van der Waals surface area contributed by atoms with Crippen LogP contribution < -0.4 is 10.5 Å². The lowest BCUT2D eigenvalue weighted by atomic mass is 9.97. The third kappa shape index (κ3) is 2.31. The minimum atomic E-state index is 0.223. The van der Waals surface area contributed by atoms with E-state index in [-0.39, 0.29) is 6.04 Å². The van der Waals surface area contributed by atoms with E-state index in [1.165, 1.54) is 10.9 Å². The quantitative estimate of drug-likeness (QED) is 0.938. The van der Waals surface area contributed by atoms with Gasteiger partial charge in [0.25, 0.3) is 0 Å². The molecular weight excluding hydrogens is 262 g/mol. The monoisotopic (exact) mass is 283 g/mol. The van der Waals surface area contributed by atoms with Crippen molar-refractivity contribution in [3.05, 3.63) is 42.0 Å². The summed E-state index contributed by atoms with van der Waals surface area (Å²) < 4.78 is 5.47. The first-order valence-electron chi connectivity index (χ1n) is 7.38. The van der Waals surface area contributed by atoms with Crippen molar-refractivity contribution < 1.29 is 4.74 Å². The molecule has 1 aliphatic heterocycles. The van der Waals surface area contributed by atoms with Gasteiger partial charge in [-0.3, -0.25) is 4.99 Å². The van der Waals surface area contributed by atoms with Gasteiger partial charge in [-0.05, 0) is 23.4 Å². The van der Waals surface area contributed by atoms with Crippen molar-refractivity contribution >= 4 is 16.7 Å². The second kappa shape index (κ2) is 5.64. The molecule has 0 aliphatic carbocycles. The largest absolute Gasteiger partial charge is 0.496 e. The summed E-state index contributed by atoms with van der Waals surface area (Å²) in [7, 11) is 1.71. The molecule has 2 aromatic carbocycles. The number of hydrogen-bond acceptors (Lipinski definition) is 4. The van der Waals surface area contributed by atoms with Crippen LogP contribution in [0.1, 0.15) is 24.9 Å². The average molecular weight is 283 g/mol. The van der Waals surface area contributed by atoms with Gasteiger partial charge in [-0.2, -0.15) is 0 Å². The molecular formula is C17H21N3O. The van der Waals surface area contributed by atoms with Crippen LogP contribution in [-0.2, 0) is 0 Å². The zero-order chi connectivity index (χ0) is 14.8. The highest BCUT2D eigenvalue weighted by Crippen LogP contribution is 2.35. The standard InChI is InChI=1S/C17H21N3O/c1-3-10-20-15(11-19-17(20)18)13-8-9-16(21-2)14-7-5-4-6-12(13)14/h4-9,15H,3,10-11H2,1-2H3,(H2,18,19).